The highest BCUT2D eigenvalue weighted by atomic mass is 16.4. The van der Waals surface area contributed by atoms with Gasteiger partial charge in [0.25, 0.3) is 5.91 Å². The summed E-state index contributed by atoms with van der Waals surface area (Å²) in [6.45, 7) is 2.43. The third kappa shape index (κ3) is 4.68. The van der Waals surface area contributed by atoms with Gasteiger partial charge in [-0.2, -0.15) is 0 Å². The van der Waals surface area contributed by atoms with Crippen LogP contribution in [0.15, 0.2) is 54.6 Å². The Morgan fingerprint density at radius 3 is 2.18 bits per heavy atom. The van der Waals surface area contributed by atoms with E-state index in [4.69, 9.17) is 0 Å². The van der Waals surface area contributed by atoms with Crippen LogP contribution in [0.4, 0.5) is 16.2 Å². The molecule has 0 bridgehead atoms. The second-order valence-electron chi connectivity index (χ2n) is 7.00. The molecule has 2 aromatic rings. The number of carboxylic acids is 1. The molecular formula is C21H23N3O4. The Kier molecular flexibility index (Phi) is 5.93. The van der Waals surface area contributed by atoms with Gasteiger partial charge in [-0.05, 0) is 55.2 Å². The average molecular weight is 381 g/mol. The molecule has 1 aliphatic heterocycles. The molecule has 1 fully saturated rings. The van der Waals surface area contributed by atoms with Gasteiger partial charge in [-0.1, -0.05) is 25.1 Å². The Bertz CT molecular complexity index is 852. The number of anilines is 2. The molecule has 3 rings (SSSR count). The normalized spacial score (nSPS) is 19.0. The molecule has 2 aromatic carbocycles. The molecule has 0 radical (unpaired) electrons. The van der Waals surface area contributed by atoms with Crippen molar-refractivity contribution in [1.82, 2.24) is 4.90 Å². The highest BCUT2D eigenvalue weighted by Crippen LogP contribution is 2.25. The Balaban J connectivity index is 1.64. The van der Waals surface area contributed by atoms with Crippen LogP contribution < -0.4 is 10.6 Å². The van der Waals surface area contributed by atoms with Gasteiger partial charge in [0.1, 0.15) is 6.04 Å². The number of nitrogens with one attached hydrogen (secondary N) is 2. The van der Waals surface area contributed by atoms with Crippen molar-refractivity contribution in [2.45, 2.75) is 25.8 Å². The standard InChI is InChI=1S/C21H23N3O4/c1-14-11-12-24(18(13-14)20(26)27)19(25)15-7-9-17(10-8-15)23-21(28)22-16-5-3-2-4-6-16/h2-10,14,18H,11-13H2,1H3,(H,26,27)(H2,22,23,28). The minimum atomic E-state index is -0.976. The fourth-order valence-corrected chi connectivity index (χ4v) is 3.30. The lowest BCUT2D eigenvalue weighted by Gasteiger charge is -2.36. The number of carbonyl (C=O) groups excluding carboxylic acids is 2. The fraction of sp³-hybridized carbons (Fsp3) is 0.286. The summed E-state index contributed by atoms with van der Waals surface area (Å²) in [5.41, 5.74) is 1.60. The van der Waals surface area contributed by atoms with Crippen molar-refractivity contribution >= 4 is 29.3 Å². The van der Waals surface area contributed by atoms with Crippen LogP contribution in [0.2, 0.25) is 0 Å². The van der Waals surface area contributed by atoms with E-state index in [9.17, 15) is 19.5 Å². The molecular weight excluding hydrogens is 358 g/mol. The van der Waals surface area contributed by atoms with Crippen LogP contribution in [-0.2, 0) is 4.79 Å². The molecule has 3 amide bonds. The summed E-state index contributed by atoms with van der Waals surface area (Å²) in [6, 6.07) is 14.3. The van der Waals surface area contributed by atoms with Gasteiger partial charge in [0, 0.05) is 23.5 Å². The van der Waals surface area contributed by atoms with Crippen LogP contribution in [0.1, 0.15) is 30.1 Å². The monoisotopic (exact) mass is 381 g/mol. The number of urea groups is 1. The van der Waals surface area contributed by atoms with E-state index in [0.717, 1.165) is 6.42 Å². The molecule has 3 N–H and O–H groups in total. The number of amides is 3. The summed E-state index contributed by atoms with van der Waals surface area (Å²) in [4.78, 5) is 37.7. The summed E-state index contributed by atoms with van der Waals surface area (Å²) in [6.07, 6.45) is 1.25. The van der Waals surface area contributed by atoms with E-state index in [-0.39, 0.29) is 17.9 Å². The van der Waals surface area contributed by atoms with Crippen molar-refractivity contribution in [3.05, 3.63) is 60.2 Å². The molecule has 2 atom stereocenters. The molecule has 0 spiro atoms. The van der Waals surface area contributed by atoms with E-state index in [1.54, 1.807) is 36.4 Å². The lowest BCUT2D eigenvalue weighted by Crippen LogP contribution is -2.49. The quantitative estimate of drug-likeness (QED) is 0.753. The molecule has 1 heterocycles. The van der Waals surface area contributed by atoms with Crippen molar-refractivity contribution in [3.63, 3.8) is 0 Å². The van der Waals surface area contributed by atoms with Gasteiger partial charge < -0.3 is 20.6 Å². The largest absolute Gasteiger partial charge is 0.480 e. The van der Waals surface area contributed by atoms with Crippen molar-refractivity contribution in [2.24, 2.45) is 5.92 Å². The van der Waals surface area contributed by atoms with Crippen molar-refractivity contribution < 1.29 is 19.5 Å². The lowest BCUT2D eigenvalue weighted by atomic mass is 9.92. The van der Waals surface area contributed by atoms with Crippen LogP contribution in [-0.4, -0.2) is 40.5 Å². The number of hydrogen-bond donors (Lipinski definition) is 3. The molecule has 146 valence electrons. The number of benzene rings is 2. The zero-order chi connectivity index (χ0) is 20.1. The molecule has 0 saturated carbocycles. The Labute approximate surface area is 163 Å². The molecule has 7 heteroatoms. The third-order valence-electron chi connectivity index (χ3n) is 4.83. The summed E-state index contributed by atoms with van der Waals surface area (Å²) in [5, 5.41) is 14.8. The van der Waals surface area contributed by atoms with Crippen LogP contribution in [0.5, 0.6) is 0 Å². The van der Waals surface area contributed by atoms with E-state index >= 15 is 0 Å². The Morgan fingerprint density at radius 2 is 1.57 bits per heavy atom. The predicted octanol–water partition coefficient (Wildman–Crippen LogP) is 3.66. The summed E-state index contributed by atoms with van der Waals surface area (Å²) < 4.78 is 0. The van der Waals surface area contributed by atoms with Crippen molar-refractivity contribution in [3.8, 4) is 0 Å². The SMILES string of the molecule is CC1CCN(C(=O)c2ccc(NC(=O)Nc3ccccc3)cc2)C(C(=O)O)C1. The Morgan fingerprint density at radius 1 is 0.964 bits per heavy atom. The number of hydrogen-bond acceptors (Lipinski definition) is 3. The van der Waals surface area contributed by atoms with Crippen molar-refractivity contribution in [1.29, 1.82) is 0 Å². The number of aliphatic carboxylic acids is 1. The second kappa shape index (κ2) is 8.56. The molecule has 28 heavy (non-hydrogen) atoms. The summed E-state index contributed by atoms with van der Waals surface area (Å²) >= 11 is 0. The van der Waals surface area contributed by atoms with Crippen molar-refractivity contribution in [2.75, 3.05) is 17.2 Å². The van der Waals surface area contributed by atoms with Gasteiger partial charge >= 0.3 is 12.0 Å². The van der Waals surface area contributed by atoms with Crippen LogP contribution in [0.3, 0.4) is 0 Å². The first-order valence-electron chi connectivity index (χ1n) is 9.21. The number of carbonyl (C=O) groups is 3. The van der Waals surface area contributed by atoms with E-state index in [1.807, 2.05) is 25.1 Å². The first-order valence-corrected chi connectivity index (χ1v) is 9.21. The first kappa shape index (κ1) is 19.4. The lowest BCUT2D eigenvalue weighted by molar-refractivity contribution is -0.144. The summed E-state index contributed by atoms with van der Waals surface area (Å²) in [5.74, 6) is -1.00. The average Bonchev–Trinajstić information content (AvgIpc) is 2.68. The van der Waals surface area contributed by atoms with Gasteiger partial charge in [-0.25, -0.2) is 9.59 Å². The van der Waals surface area contributed by atoms with Gasteiger partial charge in [0.2, 0.25) is 0 Å². The number of rotatable bonds is 4. The van der Waals surface area contributed by atoms with Gasteiger partial charge in [-0.15, -0.1) is 0 Å². The second-order valence-corrected chi connectivity index (χ2v) is 7.00. The predicted molar refractivity (Wildman–Crippen MR) is 106 cm³/mol. The molecule has 1 aliphatic rings. The fourth-order valence-electron chi connectivity index (χ4n) is 3.30. The van der Waals surface area contributed by atoms with E-state index in [0.29, 0.717) is 29.9 Å². The van der Waals surface area contributed by atoms with Gasteiger partial charge in [-0.3, -0.25) is 4.79 Å². The van der Waals surface area contributed by atoms with Crippen LogP contribution in [0, 0.1) is 5.92 Å². The first-order chi connectivity index (χ1) is 13.4. The molecule has 2 unspecified atom stereocenters. The zero-order valence-corrected chi connectivity index (χ0v) is 15.6. The number of piperidine rings is 1. The van der Waals surface area contributed by atoms with Gasteiger partial charge in [0.15, 0.2) is 0 Å². The van der Waals surface area contributed by atoms with Gasteiger partial charge in [0.05, 0.1) is 0 Å². The van der Waals surface area contributed by atoms with Crippen LogP contribution in [0.25, 0.3) is 0 Å². The number of carboxylic acid groups (broad SMARTS) is 1. The van der Waals surface area contributed by atoms with E-state index in [1.165, 1.54) is 4.90 Å². The number of para-hydroxylation sites is 1. The minimum Gasteiger partial charge on any atom is -0.480 e. The highest BCUT2D eigenvalue weighted by Gasteiger charge is 2.35. The smallest absolute Gasteiger partial charge is 0.326 e. The van der Waals surface area contributed by atoms with E-state index < -0.39 is 12.0 Å². The molecule has 1 saturated heterocycles. The molecule has 0 aliphatic carbocycles. The number of likely N-dealkylation sites (tertiary alicyclic amines) is 1. The Hall–Kier alpha value is -3.35. The molecule has 0 aromatic heterocycles. The highest BCUT2D eigenvalue weighted by molar-refractivity contribution is 6.01. The maximum absolute atomic E-state index is 12.8. The summed E-state index contributed by atoms with van der Waals surface area (Å²) in [7, 11) is 0. The maximum atomic E-state index is 12.8. The third-order valence-corrected chi connectivity index (χ3v) is 4.83. The maximum Gasteiger partial charge on any atom is 0.326 e. The zero-order valence-electron chi connectivity index (χ0n) is 15.6. The minimum absolute atomic E-state index is 0.278. The number of nitrogens with zero attached hydrogens (tertiary/aromatic N) is 1. The topological polar surface area (TPSA) is 98.7 Å². The van der Waals surface area contributed by atoms with Crippen LogP contribution >= 0.6 is 0 Å². The van der Waals surface area contributed by atoms with E-state index in [2.05, 4.69) is 10.6 Å². The molecule has 7 nitrogen and oxygen atoms in total.